The van der Waals surface area contributed by atoms with Crippen LogP contribution in [0.25, 0.3) is 0 Å². The van der Waals surface area contributed by atoms with Crippen molar-refractivity contribution in [3.8, 4) is 0 Å². The highest BCUT2D eigenvalue weighted by Gasteiger charge is 2.32. The largest absolute Gasteiger partial charge is 0.386 e. The molecule has 1 saturated heterocycles. The van der Waals surface area contributed by atoms with Crippen molar-refractivity contribution in [1.29, 1.82) is 0 Å². The zero-order valence-electron chi connectivity index (χ0n) is 8.23. The summed E-state index contributed by atoms with van der Waals surface area (Å²) < 4.78 is 5.08. The van der Waals surface area contributed by atoms with E-state index in [1.54, 1.807) is 11.4 Å². The maximum absolute atomic E-state index is 11.5. The summed E-state index contributed by atoms with van der Waals surface area (Å²) in [6, 6.07) is 1.76. The molecule has 1 aliphatic rings. The van der Waals surface area contributed by atoms with Crippen molar-refractivity contribution < 1.29 is 14.6 Å². The van der Waals surface area contributed by atoms with Crippen molar-refractivity contribution in [3.63, 3.8) is 0 Å². The molecule has 0 saturated carbocycles. The van der Waals surface area contributed by atoms with Gasteiger partial charge >= 0.3 is 0 Å². The highest BCUT2D eigenvalue weighted by Crippen LogP contribution is 2.17. The number of hydrogen-bond donors (Lipinski definition) is 2. The Morgan fingerprint density at radius 3 is 3.20 bits per heavy atom. The third-order valence-electron chi connectivity index (χ3n) is 2.44. The first-order chi connectivity index (χ1) is 7.20. The zero-order chi connectivity index (χ0) is 10.7. The fraction of sp³-hybridized carbons (Fsp3) is 0.500. The maximum Gasteiger partial charge on any atom is 0.252 e. The minimum absolute atomic E-state index is 0.142. The summed E-state index contributed by atoms with van der Waals surface area (Å²) in [6.45, 7) is 1.11. The van der Waals surface area contributed by atoms with Crippen LogP contribution >= 0.6 is 11.3 Å². The van der Waals surface area contributed by atoms with Gasteiger partial charge in [0, 0.05) is 30.5 Å². The lowest BCUT2D eigenvalue weighted by molar-refractivity contribution is 0.0265. The molecule has 1 fully saturated rings. The monoisotopic (exact) mass is 227 g/mol. The number of carbonyl (C=O) groups excluding carboxylic acids is 1. The molecule has 0 spiro atoms. The number of aliphatic hydroxyl groups is 1. The summed E-state index contributed by atoms with van der Waals surface area (Å²) in [5.74, 6) is -0.142. The zero-order valence-corrected chi connectivity index (χ0v) is 9.05. The van der Waals surface area contributed by atoms with Crippen LogP contribution in [0.1, 0.15) is 16.8 Å². The minimum atomic E-state index is -0.883. The number of ether oxygens (including phenoxy) is 1. The predicted octanol–water partition coefficient (Wildman–Crippen LogP) is 0.629. The van der Waals surface area contributed by atoms with Gasteiger partial charge in [-0.15, -0.1) is 0 Å². The molecular weight excluding hydrogens is 214 g/mol. The Morgan fingerprint density at radius 2 is 2.60 bits per heavy atom. The molecule has 1 atom stereocenters. The van der Waals surface area contributed by atoms with Gasteiger partial charge in [0.1, 0.15) is 5.60 Å². The summed E-state index contributed by atoms with van der Waals surface area (Å²) in [5.41, 5.74) is -0.242. The van der Waals surface area contributed by atoms with Crippen molar-refractivity contribution in [2.45, 2.75) is 12.0 Å². The van der Waals surface area contributed by atoms with Crippen molar-refractivity contribution >= 4 is 17.2 Å². The fourth-order valence-electron chi connectivity index (χ4n) is 1.48. The average molecular weight is 227 g/mol. The summed E-state index contributed by atoms with van der Waals surface area (Å²) in [6.07, 6.45) is 0.580. The van der Waals surface area contributed by atoms with E-state index in [2.05, 4.69) is 5.32 Å². The van der Waals surface area contributed by atoms with Crippen LogP contribution in [0, 0.1) is 0 Å². The van der Waals surface area contributed by atoms with Gasteiger partial charge in [0.05, 0.1) is 6.61 Å². The van der Waals surface area contributed by atoms with E-state index in [0.717, 1.165) is 0 Å². The van der Waals surface area contributed by atoms with E-state index < -0.39 is 5.60 Å². The highest BCUT2D eigenvalue weighted by atomic mass is 32.1. The quantitative estimate of drug-likeness (QED) is 0.796. The second-order valence-corrected chi connectivity index (χ2v) is 4.50. The molecule has 15 heavy (non-hydrogen) atoms. The molecule has 1 aromatic rings. The van der Waals surface area contributed by atoms with Crippen molar-refractivity contribution in [2.24, 2.45) is 0 Å². The van der Waals surface area contributed by atoms with Crippen molar-refractivity contribution in [1.82, 2.24) is 5.32 Å². The first-order valence-corrected chi connectivity index (χ1v) is 5.74. The molecular formula is C10H13NO3S. The third-order valence-corrected chi connectivity index (χ3v) is 3.13. The van der Waals surface area contributed by atoms with Gasteiger partial charge in [-0.2, -0.15) is 11.3 Å². The van der Waals surface area contributed by atoms with E-state index in [9.17, 15) is 9.90 Å². The van der Waals surface area contributed by atoms with Gasteiger partial charge in [-0.1, -0.05) is 0 Å². The van der Waals surface area contributed by atoms with Crippen LogP contribution in [0.5, 0.6) is 0 Å². The Bertz CT molecular complexity index is 330. The Labute approximate surface area is 91.9 Å². The van der Waals surface area contributed by atoms with E-state index in [4.69, 9.17) is 4.74 Å². The van der Waals surface area contributed by atoms with Gasteiger partial charge < -0.3 is 15.2 Å². The molecule has 82 valence electrons. The van der Waals surface area contributed by atoms with Gasteiger partial charge in [-0.25, -0.2) is 0 Å². The second-order valence-electron chi connectivity index (χ2n) is 3.72. The van der Waals surface area contributed by atoms with Crippen LogP contribution < -0.4 is 5.32 Å². The fourth-order valence-corrected chi connectivity index (χ4v) is 2.11. The van der Waals surface area contributed by atoms with Crippen LogP contribution in [0.2, 0.25) is 0 Å². The second kappa shape index (κ2) is 4.30. The molecule has 1 aliphatic heterocycles. The van der Waals surface area contributed by atoms with Crippen LogP contribution in [-0.2, 0) is 4.74 Å². The lowest BCUT2D eigenvalue weighted by Crippen LogP contribution is -2.43. The van der Waals surface area contributed by atoms with Crippen LogP contribution in [0.3, 0.4) is 0 Å². The number of hydrogen-bond acceptors (Lipinski definition) is 4. The van der Waals surface area contributed by atoms with E-state index >= 15 is 0 Å². The van der Waals surface area contributed by atoms with Crippen molar-refractivity contribution in [2.75, 3.05) is 19.8 Å². The molecule has 0 aromatic carbocycles. The topological polar surface area (TPSA) is 58.6 Å². The predicted molar refractivity (Wildman–Crippen MR) is 57.0 cm³/mol. The Balaban J connectivity index is 1.85. The summed E-state index contributed by atoms with van der Waals surface area (Å²) >= 11 is 1.48. The molecule has 1 amide bonds. The van der Waals surface area contributed by atoms with E-state index in [1.807, 2.05) is 5.38 Å². The van der Waals surface area contributed by atoms with Gasteiger partial charge in [0.2, 0.25) is 0 Å². The average Bonchev–Trinajstić information content (AvgIpc) is 2.85. The van der Waals surface area contributed by atoms with Crippen LogP contribution in [0.4, 0.5) is 0 Å². The molecule has 1 unspecified atom stereocenters. The van der Waals surface area contributed by atoms with E-state index in [1.165, 1.54) is 11.3 Å². The molecule has 2 rings (SSSR count). The van der Waals surface area contributed by atoms with E-state index in [-0.39, 0.29) is 12.5 Å². The normalized spacial score (nSPS) is 25.4. The smallest absolute Gasteiger partial charge is 0.252 e. The maximum atomic E-state index is 11.5. The SMILES string of the molecule is O=C(NCC1(O)CCOC1)c1ccsc1. The van der Waals surface area contributed by atoms with Gasteiger partial charge in [-0.3, -0.25) is 4.79 Å². The number of amides is 1. The Kier molecular flexibility index (Phi) is 3.04. The summed E-state index contributed by atoms with van der Waals surface area (Å²) in [7, 11) is 0. The van der Waals surface area contributed by atoms with Crippen LogP contribution in [-0.4, -0.2) is 36.4 Å². The van der Waals surface area contributed by atoms with Gasteiger partial charge in [0.25, 0.3) is 5.91 Å². The Hall–Kier alpha value is -0.910. The number of nitrogens with one attached hydrogen (secondary N) is 1. The molecule has 1 aromatic heterocycles. The molecule has 5 heteroatoms. The van der Waals surface area contributed by atoms with Crippen LogP contribution in [0.15, 0.2) is 16.8 Å². The molecule has 2 heterocycles. The molecule has 0 aliphatic carbocycles. The van der Waals surface area contributed by atoms with Gasteiger partial charge in [-0.05, 0) is 11.4 Å². The standard InChI is InChI=1S/C10H13NO3S/c12-9(8-1-4-15-5-8)11-6-10(13)2-3-14-7-10/h1,4-5,13H,2-3,6-7H2,(H,11,12). The summed E-state index contributed by atoms with van der Waals surface area (Å²) in [4.78, 5) is 11.5. The van der Waals surface area contributed by atoms with Gasteiger partial charge in [0.15, 0.2) is 0 Å². The number of rotatable bonds is 3. The lowest BCUT2D eigenvalue weighted by atomic mass is 10.0. The number of carbonyl (C=O) groups is 1. The Morgan fingerprint density at radius 1 is 1.73 bits per heavy atom. The minimum Gasteiger partial charge on any atom is -0.386 e. The first kappa shape index (κ1) is 10.6. The first-order valence-electron chi connectivity index (χ1n) is 4.80. The molecule has 4 nitrogen and oxygen atoms in total. The van der Waals surface area contributed by atoms with E-state index in [0.29, 0.717) is 25.2 Å². The molecule has 0 bridgehead atoms. The summed E-state index contributed by atoms with van der Waals surface area (Å²) in [5, 5.41) is 16.2. The molecule has 2 N–H and O–H groups in total. The molecule has 0 radical (unpaired) electrons. The van der Waals surface area contributed by atoms with Crippen molar-refractivity contribution in [3.05, 3.63) is 22.4 Å². The third kappa shape index (κ3) is 2.56. The highest BCUT2D eigenvalue weighted by molar-refractivity contribution is 7.08. The lowest BCUT2D eigenvalue weighted by Gasteiger charge is -2.20. The number of thiophene rings is 1.